The molecule has 0 aromatic carbocycles. The van der Waals surface area contributed by atoms with Crippen LogP contribution in [0.3, 0.4) is 0 Å². The molecule has 0 saturated heterocycles. The summed E-state index contributed by atoms with van der Waals surface area (Å²) in [6.45, 7) is 5.16. The predicted octanol–water partition coefficient (Wildman–Crippen LogP) is 2.26. The predicted molar refractivity (Wildman–Crippen MR) is 78.4 cm³/mol. The maximum absolute atomic E-state index is 5.42. The van der Waals surface area contributed by atoms with Crippen molar-refractivity contribution in [1.29, 1.82) is 0 Å². The molecule has 100 valence electrons. The summed E-state index contributed by atoms with van der Waals surface area (Å²) in [5.41, 5.74) is 4.86. The van der Waals surface area contributed by atoms with E-state index in [0.717, 1.165) is 24.5 Å². The van der Waals surface area contributed by atoms with Crippen LogP contribution in [0.2, 0.25) is 0 Å². The smallest absolute Gasteiger partial charge is 0.239 e. The minimum atomic E-state index is 0.343. The number of thiophene rings is 1. The van der Waals surface area contributed by atoms with Crippen LogP contribution in [-0.4, -0.2) is 16.5 Å². The molecule has 3 rings (SSSR count). The first-order valence-electron chi connectivity index (χ1n) is 6.34. The third-order valence-electron chi connectivity index (χ3n) is 3.54. The van der Waals surface area contributed by atoms with Crippen molar-refractivity contribution in [3.63, 3.8) is 0 Å². The highest BCUT2D eigenvalue weighted by Gasteiger charge is 2.26. The van der Waals surface area contributed by atoms with E-state index in [4.69, 9.17) is 5.84 Å². The highest BCUT2D eigenvalue weighted by atomic mass is 32.1. The molecule has 2 aromatic heterocycles. The number of hydrazine groups is 1. The zero-order chi connectivity index (χ0) is 13.4. The van der Waals surface area contributed by atoms with Gasteiger partial charge in [0.25, 0.3) is 0 Å². The topological polar surface area (TPSA) is 67.1 Å². The van der Waals surface area contributed by atoms with Crippen LogP contribution in [0.1, 0.15) is 29.1 Å². The summed E-state index contributed by atoms with van der Waals surface area (Å²) in [5, 5.41) is 2.17. The van der Waals surface area contributed by atoms with E-state index in [1.54, 1.807) is 0 Å². The molecular formula is C13H17N5S. The number of rotatable bonds is 2. The van der Waals surface area contributed by atoms with Gasteiger partial charge in [0.1, 0.15) is 5.82 Å². The van der Waals surface area contributed by atoms with Gasteiger partial charge in [-0.15, -0.1) is 11.3 Å². The van der Waals surface area contributed by atoms with Gasteiger partial charge in [0.2, 0.25) is 5.95 Å². The van der Waals surface area contributed by atoms with Gasteiger partial charge in [0.05, 0.1) is 6.04 Å². The standard InChI is InChI=1S/C13H17N5S/c1-8-7-12(16-13(15-8)17-14)18-5-3-11-10(9(18)2)4-6-19-11/h4,6-7,9H,3,5,14H2,1-2H3,(H,15,16,17). The maximum atomic E-state index is 5.42. The summed E-state index contributed by atoms with van der Waals surface area (Å²) in [6.07, 6.45) is 1.08. The molecular weight excluding hydrogens is 258 g/mol. The van der Waals surface area contributed by atoms with Gasteiger partial charge >= 0.3 is 0 Å². The fourth-order valence-electron chi connectivity index (χ4n) is 2.59. The number of nitrogen functional groups attached to an aromatic ring is 1. The summed E-state index contributed by atoms with van der Waals surface area (Å²) < 4.78 is 0. The quantitative estimate of drug-likeness (QED) is 0.650. The monoisotopic (exact) mass is 275 g/mol. The van der Waals surface area contributed by atoms with Crippen LogP contribution in [0.15, 0.2) is 17.5 Å². The van der Waals surface area contributed by atoms with Gasteiger partial charge in [0, 0.05) is 23.2 Å². The maximum Gasteiger partial charge on any atom is 0.239 e. The highest BCUT2D eigenvalue weighted by molar-refractivity contribution is 7.10. The molecule has 1 atom stereocenters. The number of aryl methyl sites for hydroxylation is 1. The number of nitrogens with two attached hydrogens (primary N) is 1. The van der Waals surface area contributed by atoms with Crippen molar-refractivity contribution < 1.29 is 0 Å². The van der Waals surface area contributed by atoms with Gasteiger partial charge in [-0.1, -0.05) is 0 Å². The molecule has 3 N–H and O–H groups in total. The Hall–Kier alpha value is -1.66. The van der Waals surface area contributed by atoms with Crippen LogP contribution in [0.4, 0.5) is 11.8 Å². The number of anilines is 2. The van der Waals surface area contributed by atoms with E-state index in [9.17, 15) is 0 Å². The molecule has 1 aliphatic rings. The van der Waals surface area contributed by atoms with E-state index in [-0.39, 0.29) is 0 Å². The van der Waals surface area contributed by atoms with Crippen molar-refractivity contribution >= 4 is 23.1 Å². The second-order valence-electron chi connectivity index (χ2n) is 4.75. The Morgan fingerprint density at radius 1 is 1.47 bits per heavy atom. The van der Waals surface area contributed by atoms with Crippen LogP contribution in [0, 0.1) is 6.92 Å². The minimum Gasteiger partial charge on any atom is -0.349 e. The van der Waals surface area contributed by atoms with E-state index in [2.05, 4.69) is 38.7 Å². The molecule has 5 nitrogen and oxygen atoms in total. The van der Waals surface area contributed by atoms with Crippen molar-refractivity contribution in [2.45, 2.75) is 26.3 Å². The molecule has 1 aliphatic heterocycles. The number of fused-ring (bicyclic) bond motifs is 1. The lowest BCUT2D eigenvalue weighted by atomic mass is 10.0. The molecule has 0 radical (unpaired) electrons. The highest BCUT2D eigenvalue weighted by Crippen LogP contribution is 2.35. The Morgan fingerprint density at radius 3 is 3.11 bits per heavy atom. The van der Waals surface area contributed by atoms with E-state index in [0.29, 0.717) is 12.0 Å². The first-order valence-corrected chi connectivity index (χ1v) is 7.22. The normalized spacial score (nSPS) is 18.3. The van der Waals surface area contributed by atoms with Gasteiger partial charge in [-0.05, 0) is 37.3 Å². The number of hydrogen-bond acceptors (Lipinski definition) is 6. The van der Waals surface area contributed by atoms with E-state index < -0.39 is 0 Å². The first-order chi connectivity index (χ1) is 9.19. The third kappa shape index (κ3) is 2.17. The van der Waals surface area contributed by atoms with Gasteiger partial charge in [-0.2, -0.15) is 4.98 Å². The minimum absolute atomic E-state index is 0.343. The molecule has 0 aliphatic carbocycles. The summed E-state index contributed by atoms with van der Waals surface area (Å²) in [7, 11) is 0. The Morgan fingerprint density at radius 2 is 2.32 bits per heavy atom. The number of nitrogens with one attached hydrogen (secondary N) is 1. The van der Waals surface area contributed by atoms with Crippen LogP contribution in [0.5, 0.6) is 0 Å². The molecule has 19 heavy (non-hydrogen) atoms. The number of nitrogens with zero attached hydrogens (tertiary/aromatic N) is 3. The van der Waals surface area contributed by atoms with Crippen molar-refractivity contribution in [1.82, 2.24) is 9.97 Å². The van der Waals surface area contributed by atoms with Gasteiger partial charge < -0.3 is 4.90 Å². The van der Waals surface area contributed by atoms with Crippen molar-refractivity contribution in [2.24, 2.45) is 5.84 Å². The molecule has 1 unspecified atom stereocenters. The average molecular weight is 275 g/mol. The van der Waals surface area contributed by atoms with Crippen LogP contribution < -0.4 is 16.2 Å². The van der Waals surface area contributed by atoms with E-state index in [1.165, 1.54) is 10.4 Å². The van der Waals surface area contributed by atoms with Gasteiger partial charge in [-0.3, -0.25) is 5.43 Å². The van der Waals surface area contributed by atoms with Crippen molar-refractivity contribution in [3.8, 4) is 0 Å². The molecule has 2 aromatic rings. The fourth-order valence-corrected chi connectivity index (χ4v) is 3.55. The Balaban J connectivity index is 1.97. The second-order valence-corrected chi connectivity index (χ2v) is 5.75. The van der Waals surface area contributed by atoms with Crippen LogP contribution in [-0.2, 0) is 6.42 Å². The van der Waals surface area contributed by atoms with Crippen LogP contribution >= 0.6 is 11.3 Å². The average Bonchev–Trinajstić information content (AvgIpc) is 2.87. The lowest BCUT2D eigenvalue weighted by molar-refractivity contribution is 0.624. The lowest BCUT2D eigenvalue weighted by Gasteiger charge is -2.34. The zero-order valence-corrected chi connectivity index (χ0v) is 11.9. The van der Waals surface area contributed by atoms with Gasteiger partial charge in [0.15, 0.2) is 0 Å². The van der Waals surface area contributed by atoms with Crippen molar-refractivity contribution in [3.05, 3.63) is 33.6 Å². The number of aromatic nitrogens is 2. The van der Waals surface area contributed by atoms with Gasteiger partial charge in [-0.25, -0.2) is 10.8 Å². The molecule has 0 amide bonds. The van der Waals surface area contributed by atoms with Crippen molar-refractivity contribution in [2.75, 3.05) is 16.9 Å². The lowest BCUT2D eigenvalue weighted by Crippen LogP contribution is -2.34. The van der Waals surface area contributed by atoms with E-state index in [1.807, 2.05) is 24.3 Å². The fraction of sp³-hybridized carbons (Fsp3) is 0.385. The molecule has 0 saturated carbocycles. The Labute approximate surface area is 116 Å². The molecule has 0 bridgehead atoms. The SMILES string of the molecule is Cc1cc(N2CCc3sccc3C2C)nc(NN)n1. The number of hydrogen-bond donors (Lipinski definition) is 2. The molecule has 3 heterocycles. The molecule has 0 spiro atoms. The largest absolute Gasteiger partial charge is 0.349 e. The van der Waals surface area contributed by atoms with Crippen LogP contribution in [0.25, 0.3) is 0 Å². The first kappa shape index (κ1) is 12.4. The Kier molecular flexibility index (Phi) is 3.12. The Bertz CT molecular complexity index is 594. The second kappa shape index (κ2) is 4.79. The molecule has 0 fully saturated rings. The molecule has 6 heteroatoms. The third-order valence-corrected chi connectivity index (χ3v) is 4.54. The zero-order valence-electron chi connectivity index (χ0n) is 11.1. The summed E-state index contributed by atoms with van der Waals surface area (Å²) in [6, 6.07) is 4.57. The summed E-state index contributed by atoms with van der Waals surface area (Å²) in [4.78, 5) is 12.5. The summed E-state index contributed by atoms with van der Waals surface area (Å²) in [5.74, 6) is 6.83. The summed E-state index contributed by atoms with van der Waals surface area (Å²) >= 11 is 1.85. The van der Waals surface area contributed by atoms with E-state index >= 15 is 0 Å².